The molecule has 1 aromatic heterocycles. The first-order chi connectivity index (χ1) is 14.0. The second-order valence-electron chi connectivity index (χ2n) is 8.52. The van der Waals surface area contributed by atoms with Crippen molar-refractivity contribution >= 4 is 34.6 Å². The van der Waals surface area contributed by atoms with Gasteiger partial charge >= 0.3 is 0 Å². The molecule has 0 amide bonds. The van der Waals surface area contributed by atoms with Gasteiger partial charge in [0, 0.05) is 31.2 Å². The van der Waals surface area contributed by atoms with Gasteiger partial charge in [-0.05, 0) is 48.1 Å². The minimum Gasteiger partial charge on any atom is -0.378 e. The Labute approximate surface area is 174 Å². The van der Waals surface area contributed by atoms with Crippen molar-refractivity contribution in [3.8, 4) is 0 Å². The van der Waals surface area contributed by atoms with E-state index in [0.717, 1.165) is 19.0 Å². The number of para-hydroxylation sites is 1. The molecule has 3 heteroatoms. The number of aromatic nitrogens is 1. The highest BCUT2D eigenvalue weighted by atomic mass is 15.2. The smallest absolute Gasteiger partial charge is 0.277 e. The quantitative estimate of drug-likeness (QED) is 0.575. The lowest BCUT2D eigenvalue weighted by atomic mass is 9.99. The monoisotopic (exact) mass is 386 g/mol. The summed E-state index contributed by atoms with van der Waals surface area (Å²) in [6.45, 7) is 4.65. The fourth-order valence-electron chi connectivity index (χ4n) is 4.20. The van der Waals surface area contributed by atoms with Gasteiger partial charge in [0.2, 0.25) is 0 Å². The van der Waals surface area contributed by atoms with Crippen molar-refractivity contribution in [2.24, 2.45) is 13.0 Å². The van der Waals surface area contributed by atoms with Gasteiger partial charge in [0.1, 0.15) is 5.52 Å². The Hall–Kier alpha value is -2.81. The summed E-state index contributed by atoms with van der Waals surface area (Å²) < 4.78 is 2.36. The van der Waals surface area contributed by atoms with Gasteiger partial charge in [-0.15, -0.1) is 0 Å². The number of hydrogen-bond donors (Lipinski definition) is 0. The van der Waals surface area contributed by atoms with Gasteiger partial charge in [0.25, 0.3) is 5.82 Å². The fourth-order valence-corrected chi connectivity index (χ4v) is 4.20. The molecule has 150 valence electrons. The van der Waals surface area contributed by atoms with Crippen molar-refractivity contribution in [1.82, 2.24) is 0 Å². The van der Waals surface area contributed by atoms with E-state index in [0.29, 0.717) is 0 Å². The molecule has 0 N–H and O–H groups in total. The first-order valence-corrected chi connectivity index (χ1v) is 10.6. The number of pyridine rings is 1. The molecule has 0 bridgehead atoms. The molecule has 1 aliphatic heterocycles. The molecular formula is C26H32N3+. The Bertz CT molecular complexity index is 1010. The molecule has 29 heavy (non-hydrogen) atoms. The summed E-state index contributed by atoms with van der Waals surface area (Å²) in [6.07, 6.45) is 7.04. The van der Waals surface area contributed by atoms with Crippen LogP contribution < -0.4 is 14.4 Å². The highest BCUT2D eigenvalue weighted by molar-refractivity contribution is 5.90. The Morgan fingerprint density at radius 2 is 1.66 bits per heavy atom. The largest absolute Gasteiger partial charge is 0.378 e. The molecule has 1 aliphatic rings. The van der Waals surface area contributed by atoms with Crippen LogP contribution in [0.5, 0.6) is 0 Å². The molecular weight excluding hydrogens is 354 g/mol. The van der Waals surface area contributed by atoms with Gasteiger partial charge in [0.05, 0.1) is 20.1 Å². The summed E-state index contributed by atoms with van der Waals surface area (Å²) in [5, 5.41) is 1.30. The maximum absolute atomic E-state index is 2.55. The number of rotatable bonds is 4. The van der Waals surface area contributed by atoms with Crippen LogP contribution in [0.1, 0.15) is 30.9 Å². The van der Waals surface area contributed by atoms with Gasteiger partial charge in [-0.3, -0.25) is 4.90 Å². The summed E-state index contributed by atoms with van der Waals surface area (Å²) in [5.74, 6) is 2.15. The zero-order valence-electron chi connectivity index (χ0n) is 18.1. The van der Waals surface area contributed by atoms with E-state index in [1.54, 1.807) is 0 Å². The van der Waals surface area contributed by atoms with Crippen molar-refractivity contribution in [1.29, 1.82) is 0 Å². The second-order valence-corrected chi connectivity index (χ2v) is 8.52. The molecule has 3 nitrogen and oxygen atoms in total. The number of benzene rings is 2. The molecule has 0 aliphatic carbocycles. The van der Waals surface area contributed by atoms with E-state index in [9.17, 15) is 0 Å². The second kappa shape index (κ2) is 8.28. The minimum atomic E-state index is 0.835. The molecule has 1 saturated heterocycles. The van der Waals surface area contributed by atoms with E-state index in [2.05, 4.69) is 109 Å². The van der Waals surface area contributed by atoms with E-state index < -0.39 is 0 Å². The molecule has 2 heterocycles. The summed E-state index contributed by atoms with van der Waals surface area (Å²) >= 11 is 0. The SMILES string of the molecule is CC1CCN(c2cc(/C=C/c3ccc(N(C)C)cc3)c3ccccc3[n+]2C)CC1. The molecule has 2 aromatic carbocycles. The Morgan fingerprint density at radius 1 is 0.966 bits per heavy atom. The fraction of sp³-hybridized carbons (Fsp3) is 0.346. The zero-order chi connectivity index (χ0) is 20.4. The summed E-state index contributed by atoms with van der Waals surface area (Å²) in [7, 11) is 6.34. The third-order valence-corrected chi connectivity index (χ3v) is 6.18. The van der Waals surface area contributed by atoms with E-state index in [-0.39, 0.29) is 0 Å². The molecule has 0 saturated carbocycles. The lowest BCUT2D eigenvalue weighted by molar-refractivity contribution is -0.632. The van der Waals surface area contributed by atoms with E-state index >= 15 is 0 Å². The number of anilines is 2. The highest BCUT2D eigenvalue weighted by Crippen LogP contribution is 2.26. The van der Waals surface area contributed by atoms with Crippen LogP contribution in [0.15, 0.2) is 54.6 Å². The lowest BCUT2D eigenvalue weighted by Crippen LogP contribution is -2.43. The predicted molar refractivity (Wildman–Crippen MR) is 125 cm³/mol. The molecule has 0 atom stereocenters. The standard InChI is InChI=1S/C26H32N3/c1-20-15-17-29(18-16-20)26-19-22(24-7-5-6-8-25(24)28(26)4)12-9-21-10-13-23(14-11-21)27(2)3/h5-14,19-20H,15-18H2,1-4H3/q+1. The molecule has 0 radical (unpaired) electrons. The first-order valence-electron chi connectivity index (χ1n) is 10.6. The number of nitrogens with zero attached hydrogens (tertiary/aromatic N) is 3. The van der Waals surface area contributed by atoms with Gasteiger partial charge in [-0.1, -0.05) is 49.4 Å². The number of hydrogen-bond acceptors (Lipinski definition) is 2. The number of fused-ring (bicyclic) bond motifs is 1. The van der Waals surface area contributed by atoms with Gasteiger partial charge in [0.15, 0.2) is 0 Å². The van der Waals surface area contributed by atoms with E-state index in [4.69, 9.17) is 0 Å². The third kappa shape index (κ3) is 4.14. The van der Waals surface area contributed by atoms with Crippen molar-refractivity contribution in [3.05, 3.63) is 65.7 Å². The summed E-state index contributed by atoms with van der Waals surface area (Å²) in [6, 6.07) is 19.8. The van der Waals surface area contributed by atoms with E-state index in [1.165, 1.54) is 46.4 Å². The van der Waals surface area contributed by atoms with Gasteiger partial charge in [-0.2, -0.15) is 0 Å². The summed E-state index contributed by atoms with van der Waals surface area (Å²) in [5.41, 5.74) is 5.01. The van der Waals surface area contributed by atoms with Crippen LogP contribution in [0, 0.1) is 5.92 Å². The van der Waals surface area contributed by atoms with Crippen LogP contribution in [0.4, 0.5) is 11.5 Å². The third-order valence-electron chi connectivity index (χ3n) is 6.18. The number of piperidine rings is 1. The molecule has 4 rings (SSSR count). The normalized spacial score (nSPS) is 15.4. The summed E-state index contributed by atoms with van der Waals surface area (Å²) in [4.78, 5) is 4.68. The topological polar surface area (TPSA) is 10.4 Å². The van der Waals surface area contributed by atoms with Crippen molar-refractivity contribution in [2.45, 2.75) is 19.8 Å². The molecule has 3 aromatic rings. The molecule has 0 unspecified atom stereocenters. The van der Waals surface area contributed by atoms with Crippen molar-refractivity contribution in [3.63, 3.8) is 0 Å². The van der Waals surface area contributed by atoms with Crippen LogP contribution in [0.3, 0.4) is 0 Å². The lowest BCUT2D eigenvalue weighted by Gasteiger charge is -2.27. The van der Waals surface area contributed by atoms with Crippen LogP contribution in [0.2, 0.25) is 0 Å². The first kappa shape index (κ1) is 19.5. The van der Waals surface area contributed by atoms with Crippen LogP contribution in [-0.4, -0.2) is 27.2 Å². The predicted octanol–water partition coefficient (Wildman–Crippen LogP) is 5.14. The molecule has 0 spiro atoms. The zero-order valence-corrected chi connectivity index (χ0v) is 18.1. The van der Waals surface area contributed by atoms with Crippen LogP contribution >= 0.6 is 0 Å². The van der Waals surface area contributed by atoms with Crippen LogP contribution in [-0.2, 0) is 7.05 Å². The van der Waals surface area contributed by atoms with Gasteiger partial charge in [-0.25, -0.2) is 4.57 Å². The molecule has 1 fully saturated rings. The van der Waals surface area contributed by atoms with Crippen molar-refractivity contribution in [2.75, 3.05) is 37.0 Å². The maximum atomic E-state index is 2.55. The van der Waals surface area contributed by atoms with Crippen LogP contribution in [0.25, 0.3) is 23.1 Å². The van der Waals surface area contributed by atoms with Gasteiger partial charge < -0.3 is 4.90 Å². The van der Waals surface area contributed by atoms with Crippen molar-refractivity contribution < 1.29 is 4.57 Å². The Balaban J connectivity index is 1.72. The Kier molecular flexibility index (Phi) is 5.57. The minimum absolute atomic E-state index is 0.835. The maximum Gasteiger partial charge on any atom is 0.277 e. The van der Waals surface area contributed by atoms with E-state index in [1.807, 2.05) is 0 Å². The Morgan fingerprint density at radius 3 is 2.34 bits per heavy atom. The number of aryl methyl sites for hydroxylation is 1. The highest BCUT2D eigenvalue weighted by Gasteiger charge is 2.25. The average molecular weight is 387 g/mol. The average Bonchev–Trinajstić information content (AvgIpc) is 2.74.